The molecule has 1 rings (SSSR count). The Morgan fingerprint density at radius 1 is 1.38 bits per heavy atom. The molecule has 0 N–H and O–H groups in total. The van der Waals surface area contributed by atoms with Gasteiger partial charge in [0.2, 0.25) is 6.29 Å². The summed E-state index contributed by atoms with van der Waals surface area (Å²) in [6.45, 7) is -0.339. The SMILES string of the molecule is N#CN(C[C]=O)C(=O)/C=C/c1ccccc1. The molecule has 0 unspecified atom stereocenters. The van der Waals surface area contributed by atoms with Gasteiger partial charge in [0.05, 0.1) is 0 Å². The lowest BCUT2D eigenvalue weighted by molar-refractivity contribution is -0.122. The molecule has 1 aromatic rings. The first-order valence-electron chi connectivity index (χ1n) is 4.57. The number of carbonyl (C=O) groups is 1. The molecule has 1 aromatic carbocycles. The minimum Gasteiger partial charge on any atom is -0.289 e. The van der Waals surface area contributed by atoms with Crippen molar-refractivity contribution in [1.29, 1.82) is 5.26 Å². The van der Waals surface area contributed by atoms with Crippen LogP contribution in [0.15, 0.2) is 36.4 Å². The summed E-state index contributed by atoms with van der Waals surface area (Å²) < 4.78 is 0. The number of amides is 1. The second kappa shape index (κ2) is 6.14. The maximum atomic E-state index is 11.4. The molecule has 4 nitrogen and oxygen atoms in total. The van der Waals surface area contributed by atoms with Gasteiger partial charge in [-0.15, -0.1) is 0 Å². The molecule has 0 spiro atoms. The van der Waals surface area contributed by atoms with Gasteiger partial charge < -0.3 is 0 Å². The Morgan fingerprint density at radius 3 is 2.62 bits per heavy atom. The predicted molar refractivity (Wildman–Crippen MR) is 58.5 cm³/mol. The number of nitriles is 1. The Labute approximate surface area is 93.4 Å². The highest BCUT2D eigenvalue weighted by molar-refractivity contribution is 5.93. The monoisotopic (exact) mass is 213 g/mol. The number of rotatable bonds is 4. The lowest BCUT2D eigenvalue weighted by Crippen LogP contribution is -2.25. The predicted octanol–water partition coefficient (Wildman–Crippen LogP) is 1.12. The summed E-state index contributed by atoms with van der Waals surface area (Å²) >= 11 is 0. The molecule has 0 heterocycles. The summed E-state index contributed by atoms with van der Waals surface area (Å²) in [4.78, 5) is 22.2. The largest absolute Gasteiger partial charge is 0.289 e. The van der Waals surface area contributed by atoms with E-state index in [9.17, 15) is 9.59 Å². The Morgan fingerprint density at radius 2 is 2.06 bits per heavy atom. The zero-order chi connectivity index (χ0) is 11.8. The van der Waals surface area contributed by atoms with E-state index in [1.54, 1.807) is 12.3 Å². The number of carbonyl (C=O) groups excluding carboxylic acids is 2. The molecular weight excluding hydrogens is 204 g/mol. The number of benzene rings is 1. The van der Waals surface area contributed by atoms with E-state index in [0.717, 1.165) is 10.5 Å². The smallest absolute Gasteiger partial charge is 0.260 e. The Hall–Kier alpha value is -2.41. The Bertz CT molecular complexity index is 432. The maximum Gasteiger partial charge on any atom is 0.260 e. The summed E-state index contributed by atoms with van der Waals surface area (Å²) in [6, 6.07) is 9.19. The fourth-order valence-electron chi connectivity index (χ4n) is 1.05. The number of hydrogen-bond donors (Lipinski definition) is 0. The second-order valence-electron chi connectivity index (χ2n) is 2.91. The van der Waals surface area contributed by atoms with E-state index in [4.69, 9.17) is 5.26 Å². The Balaban J connectivity index is 2.67. The molecule has 16 heavy (non-hydrogen) atoms. The van der Waals surface area contributed by atoms with Crippen LogP contribution in [0.2, 0.25) is 0 Å². The van der Waals surface area contributed by atoms with Gasteiger partial charge in [-0.2, -0.15) is 5.26 Å². The van der Waals surface area contributed by atoms with E-state index in [2.05, 4.69) is 0 Å². The molecule has 79 valence electrons. The van der Waals surface area contributed by atoms with E-state index in [1.165, 1.54) is 12.4 Å². The molecule has 0 saturated carbocycles. The van der Waals surface area contributed by atoms with E-state index in [0.29, 0.717) is 0 Å². The van der Waals surface area contributed by atoms with Gasteiger partial charge in [-0.1, -0.05) is 30.3 Å². The van der Waals surface area contributed by atoms with Crippen LogP contribution in [0.1, 0.15) is 5.56 Å². The molecule has 0 fully saturated rings. The number of nitrogens with zero attached hydrogens (tertiary/aromatic N) is 2. The van der Waals surface area contributed by atoms with E-state index >= 15 is 0 Å². The fraction of sp³-hybridized carbons (Fsp3) is 0.0833. The van der Waals surface area contributed by atoms with Crippen LogP contribution in [0.5, 0.6) is 0 Å². The summed E-state index contributed by atoms with van der Waals surface area (Å²) in [5.41, 5.74) is 0.851. The lowest BCUT2D eigenvalue weighted by Gasteiger charge is -2.05. The normalized spacial score (nSPS) is 9.69. The van der Waals surface area contributed by atoms with Crippen LogP contribution in [0.4, 0.5) is 0 Å². The van der Waals surface area contributed by atoms with Gasteiger partial charge in [-0.05, 0) is 11.6 Å². The van der Waals surface area contributed by atoms with Crippen LogP contribution < -0.4 is 0 Å². The molecule has 0 aliphatic heterocycles. The second-order valence-corrected chi connectivity index (χ2v) is 2.91. The zero-order valence-electron chi connectivity index (χ0n) is 8.46. The van der Waals surface area contributed by atoms with Gasteiger partial charge in [0.15, 0.2) is 6.19 Å². The molecule has 1 radical (unpaired) electrons. The average molecular weight is 213 g/mol. The first-order chi connectivity index (χ1) is 7.77. The highest BCUT2D eigenvalue weighted by Crippen LogP contribution is 2.01. The van der Waals surface area contributed by atoms with Crippen LogP contribution in [0, 0.1) is 11.5 Å². The highest BCUT2D eigenvalue weighted by atomic mass is 16.2. The third kappa shape index (κ3) is 3.39. The summed E-state index contributed by atoms with van der Waals surface area (Å²) in [5, 5.41) is 8.57. The molecular formula is C12H9N2O2. The van der Waals surface area contributed by atoms with E-state index in [1.807, 2.05) is 30.3 Å². The van der Waals surface area contributed by atoms with Gasteiger partial charge in [-0.25, -0.2) is 4.90 Å². The molecule has 0 atom stereocenters. The maximum absolute atomic E-state index is 11.4. The highest BCUT2D eigenvalue weighted by Gasteiger charge is 2.08. The third-order valence-electron chi connectivity index (χ3n) is 1.83. The first-order valence-corrected chi connectivity index (χ1v) is 4.57. The standard InChI is InChI=1S/C12H9N2O2/c13-10-14(8-9-15)12(16)7-6-11-4-2-1-3-5-11/h1-7H,8H2/b7-6+. The Kier molecular flexibility index (Phi) is 4.48. The molecule has 0 bridgehead atoms. The van der Waals surface area contributed by atoms with Crippen molar-refractivity contribution < 1.29 is 9.59 Å². The van der Waals surface area contributed by atoms with Crippen molar-refractivity contribution in [2.75, 3.05) is 6.54 Å². The van der Waals surface area contributed by atoms with E-state index < -0.39 is 5.91 Å². The lowest BCUT2D eigenvalue weighted by atomic mass is 10.2. The summed E-state index contributed by atoms with van der Waals surface area (Å²) in [7, 11) is 0. The third-order valence-corrected chi connectivity index (χ3v) is 1.83. The molecule has 0 saturated heterocycles. The molecule has 0 aliphatic rings. The van der Waals surface area contributed by atoms with Crippen LogP contribution >= 0.6 is 0 Å². The van der Waals surface area contributed by atoms with Crippen molar-refractivity contribution in [2.24, 2.45) is 0 Å². The number of hydrogen-bond acceptors (Lipinski definition) is 3. The van der Waals surface area contributed by atoms with Gasteiger partial charge in [0.1, 0.15) is 6.54 Å². The average Bonchev–Trinajstić information content (AvgIpc) is 2.34. The molecule has 0 aliphatic carbocycles. The van der Waals surface area contributed by atoms with Crippen molar-refractivity contribution in [3.05, 3.63) is 42.0 Å². The topological polar surface area (TPSA) is 61.2 Å². The van der Waals surface area contributed by atoms with Crippen molar-refractivity contribution in [2.45, 2.75) is 0 Å². The zero-order valence-corrected chi connectivity index (χ0v) is 8.46. The van der Waals surface area contributed by atoms with Crippen LogP contribution in [-0.4, -0.2) is 23.6 Å². The molecule has 0 aromatic heterocycles. The first kappa shape index (κ1) is 11.7. The quantitative estimate of drug-likeness (QED) is 0.427. The van der Waals surface area contributed by atoms with Gasteiger partial charge in [0.25, 0.3) is 5.91 Å². The summed E-state index contributed by atoms with van der Waals surface area (Å²) in [5.74, 6) is -0.533. The van der Waals surface area contributed by atoms with Crippen LogP contribution in [0.3, 0.4) is 0 Å². The van der Waals surface area contributed by atoms with Gasteiger partial charge in [-0.3, -0.25) is 9.59 Å². The summed E-state index contributed by atoms with van der Waals surface area (Å²) in [6.07, 6.45) is 5.93. The van der Waals surface area contributed by atoms with Crippen LogP contribution in [0.25, 0.3) is 6.08 Å². The van der Waals surface area contributed by atoms with Gasteiger partial charge >= 0.3 is 0 Å². The minimum absolute atomic E-state index is 0.339. The van der Waals surface area contributed by atoms with Gasteiger partial charge in [0, 0.05) is 6.08 Å². The van der Waals surface area contributed by atoms with Crippen molar-refractivity contribution in [3.63, 3.8) is 0 Å². The molecule has 4 heteroatoms. The van der Waals surface area contributed by atoms with Crippen molar-refractivity contribution in [3.8, 4) is 6.19 Å². The molecule has 1 amide bonds. The van der Waals surface area contributed by atoms with Crippen molar-refractivity contribution in [1.82, 2.24) is 4.90 Å². The minimum atomic E-state index is -0.533. The van der Waals surface area contributed by atoms with Crippen molar-refractivity contribution >= 4 is 18.3 Å². The van der Waals surface area contributed by atoms with E-state index in [-0.39, 0.29) is 6.54 Å². The fourth-order valence-corrected chi connectivity index (χ4v) is 1.05. The van der Waals surface area contributed by atoms with Crippen LogP contribution in [-0.2, 0) is 9.59 Å².